The van der Waals surface area contributed by atoms with Crippen molar-refractivity contribution in [2.24, 2.45) is 5.92 Å². The van der Waals surface area contributed by atoms with E-state index in [0.717, 1.165) is 24.0 Å². The maximum atomic E-state index is 13.1. The zero-order valence-corrected chi connectivity index (χ0v) is 10.0. The van der Waals surface area contributed by atoms with Crippen LogP contribution in [0.25, 0.3) is 6.08 Å². The molecule has 1 N–H and O–H groups in total. The first kappa shape index (κ1) is 12.3. The second-order valence-corrected chi connectivity index (χ2v) is 4.77. The van der Waals surface area contributed by atoms with Crippen molar-refractivity contribution in [2.45, 2.75) is 32.1 Å². The first-order valence-electron chi connectivity index (χ1n) is 6.36. The van der Waals surface area contributed by atoms with Crippen LogP contribution in [0.5, 0.6) is 0 Å². The van der Waals surface area contributed by atoms with Gasteiger partial charge in [-0.3, -0.25) is 0 Å². The van der Waals surface area contributed by atoms with Crippen LogP contribution in [0.2, 0.25) is 0 Å². The number of hydrogen-bond acceptors (Lipinski definition) is 1. The Hall–Kier alpha value is -1.15. The molecule has 0 aromatic heterocycles. The highest BCUT2D eigenvalue weighted by Gasteiger charge is 2.17. The fourth-order valence-electron chi connectivity index (χ4n) is 2.58. The number of benzene rings is 1. The number of aliphatic hydroxyl groups is 1. The Kier molecular flexibility index (Phi) is 4.32. The van der Waals surface area contributed by atoms with E-state index in [1.807, 2.05) is 12.1 Å². The molecule has 2 rings (SSSR count). The van der Waals surface area contributed by atoms with Crippen molar-refractivity contribution < 1.29 is 9.50 Å². The lowest BCUT2D eigenvalue weighted by Crippen LogP contribution is -2.11. The van der Waals surface area contributed by atoms with Crippen LogP contribution < -0.4 is 0 Å². The number of hydrogen-bond donors (Lipinski definition) is 1. The summed E-state index contributed by atoms with van der Waals surface area (Å²) in [6.07, 6.45) is 8.04. The molecule has 1 fully saturated rings. The van der Waals surface area contributed by atoms with E-state index in [1.54, 1.807) is 6.07 Å². The zero-order valence-electron chi connectivity index (χ0n) is 10.0. The van der Waals surface area contributed by atoms with Gasteiger partial charge in [0.25, 0.3) is 0 Å². The summed E-state index contributed by atoms with van der Waals surface area (Å²) in [7, 11) is 0. The van der Waals surface area contributed by atoms with Gasteiger partial charge in [0.1, 0.15) is 5.82 Å². The molecule has 1 nitrogen and oxygen atoms in total. The van der Waals surface area contributed by atoms with Gasteiger partial charge in [-0.1, -0.05) is 37.5 Å². The van der Waals surface area contributed by atoms with Crippen molar-refractivity contribution in [2.75, 3.05) is 6.61 Å². The standard InChI is InChI=1S/C15H19FO/c16-15-8-4-5-12(10-15)9-14(11-17)13-6-2-1-3-7-13/h4-5,8-10,13,17H,1-3,6-7,11H2. The SMILES string of the molecule is OCC(=Cc1cccc(F)c1)C1CCCCC1. The minimum atomic E-state index is -0.223. The Balaban J connectivity index is 2.16. The quantitative estimate of drug-likeness (QED) is 0.843. The summed E-state index contributed by atoms with van der Waals surface area (Å²) < 4.78 is 13.1. The average molecular weight is 234 g/mol. The van der Waals surface area contributed by atoms with Gasteiger partial charge in [-0.15, -0.1) is 0 Å². The van der Waals surface area contributed by atoms with Crippen molar-refractivity contribution in [1.29, 1.82) is 0 Å². The molecule has 0 unspecified atom stereocenters. The van der Waals surface area contributed by atoms with Gasteiger partial charge in [0.05, 0.1) is 6.61 Å². The molecule has 92 valence electrons. The molecule has 0 aliphatic heterocycles. The molecule has 1 aliphatic rings. The number of rotatable bonds is 3. The Morgan fingerprint density at radius 2 is 2.06 bits per heavy atom. The van der Waals surface area contributed by atoms with Crippen LogP contribution >= 0.6 is 0 Å². The van der Waals surface area contributed by atoms with E-state index in [4.69, 9.17) is 0 Å². The Labute approximate surface area is 102 Å². The van der Waals surface area contributed by atoms with Crippen LogP contribution in [0.1, 0.15) is 37.7 Å². The van der Waals surface area contributed by atoms with E-state index in [0.29, 0.717) is 5.92 Å². The normalized spacial score (nSPS) is 18.4. The predicted octanol–water partition coefficient (Wildman–Crippen LogP) is 3.78. The molecule has 0 radical (unpaired) electrons. The van der Waals surface area contributed by atoms with Crippen LogP contribution in [0.3, 0.4) is 0 Å². The van der Waals surface area contributed by atoms with Crippen molar-refractivity contribution in [1.82, 2.24) is 0 Å². The third-order valence-electron chi connectivity index (χ3n) is 3.51. The molecule has 0 heterocycles. The summed E-state index contributed by atoms with van der Waals surface area (Å²) in [6.45, 7) is 0.0845. The van der Waals surface area contributed by atoms with E-state index in [-0.39, 0.29) is 12.4 Å². The predicted molar refractivity (Wildman–Crippen MR) is 68.0 cm³/mol. The summed E-state index contributed by atoms with van der Waals surface area (Å²) in [5.74, 6) is 0.261. The molecule has 0 atom stereocenters. The fourth-order valence-corrected chi connectivity index (χ4v) is 2.58. The second-order valence-electron chi connectivity index (χ2n) is 4.77. The molecule has 0 amide bonds. The second kappa shape index (κ2) is 5.97. The fraction of sp³-hybridized carbons (Fsp3) is 0.467. The molecule has 1 aromatic carbocycles. The minimum absolute atomic E-state index is 0.0845. The molecule has 1 aliphatic carbocycles. The van der Waals surface area contributed by atoms with E-state index in [2.05, 4.69) is 0 Å². The summed E-state index contributed by atoms with van der Waals surface area (Å²) in [5.41, 5.74) is 1.90. The van der Waals surface area contributed by atoms with Gasteiger partial charge < -0.3 is 5.11 Å². The summed E-state index contributed by atoms with van der Waals surface area (Å²) in [6, 6.07) is 6.54. The average Bonchev–Trinajstić information content (AvgIpc) is 2.37. The van der Waals surface area contributed by atoms with Gasteiger partial charge in [-0.05, 0) is 42.0 Å². The lowest BCUT2D eigenvalue weighted by Gasteiger charge is -2.23. The lowest BCUT2D eigenvalue weighted by atomic mass is 9.83. The van der Waals surface area contributed by atoms with Crippen molar-refractivity contribution in [3.8, 4) is 0 Å². The van der Waals surface area contributed by atoms with E-state index in [1.165, 1.54) is 31.4 Å². The highest BCUT2D eigenvalue weighted by Crippen LogP contribution is 2.30. The van der Waals surface area contributed by atoms with E-state index in [9.17, 15) is 9.50 Å². The van der Waals surface area contributed by atoms with Crippen molar-refractivity contribution in [3.05, 3.63) is 41.2 Å². The highest BCUT2D eigenvalue weighted by atomic mass is 19.1. The topological polar surface area (TPSA) is 20.2 Å². The lowest BCUT2D eigenvalue weighted by molar-refractivity contribution is 0.295. The van der Waals surface area contributed by atoms with E-state index >= 15 is 0 Å². The monoisotopic (exact) mass is 234 g/mol. The van der Waals surface area contributed by atoms with Crippen molar-refractivity contribution in [3.63, 3.8) is 0 Å². The number of aliphatic hydroxyl groups excluding tert-OH is 1. The van der Waals surface area contributed by atoms with Crippen LogP contribution in [-0.4, -0.2) is 11.7 Å². The molecule has 1 saturated carbocycles. The van der Waals surface area contributed by atoms with E-state index < -0.39 is 0 Å². The smallest absolute Gasteiger partial charge is 0.123 e. The Morgan fingerprint density at radius 1 is 1.29 bits per heavy atom. The Bertz CT molecular complexity index is 392. The van der Waals surface area contributed by atoms with Gasteiger partial charge in [-0.2, -0.15) is 0 Å². The molecule has 0 spiro atoms. The van der Waals surface area contributed by atoms with Crippen molar-refractivity contribution >= 4 is 6.08 Å². The first-order valence-corrected chi connectivity index (χ1v) is 6.36. The van der Waals surface area contributed by atoms with Crippen LogP contribution in [0.15, 0.2) is 29.8 Å². The van der Waals surface area contributed by atoms with Gasteiger partial charge >= 0.3 is 0 Å². The maximum Gasteiger partial charge on any atom is 0.123 e. The molecule has 1 aromatic rings. The molecule has 0 saturated heterocycles. The Morgan fingerprint density at radius 3 is 2.71 bits per heavy atom. The van der Waals surface area contributed by atoms with Crippen LogP contribution in [0.4, 0.5) is 4.39 Å². The molecule has 0 bridgehead atoms. The van der Waals surface area contributed by atoms with Gasteiger partial charge in [-0.25, -0.2) is 4.39 Å². The first-order chi connectivity index (χ1) is 8.29. The molecular weight excluding hydrogens is 215 g/mol. The van der Waals surface area contributed by atoms with Gasteiger partial charge in [0.2, 0.25) is 0 Å². The summed E-state index contributed by atoms with van der Waals surface area (Å²) in [5, 5.41) is 9.45. The number of halogens is 1. The zero-order chi connectivity index (χ0) is 12.1. The molecule has 17 heavy (non-hydrogen) atoms. The van der Waals surface area contributed by atoms with Crippen LogP contribution in [0, 0.1) is 11.7 Å². The van der Waals surface area contributed by atoms with Crippen LogP contribution in [-0.2, 0) is 0 Å². The summed E-state index contributed by atoms with van der Waals surface area (Å²) in [4.78, 5) is 0. The maximum absolute atomic E-state index is 13.1. The minimum Gasteiger partial charge on any atom is -0.392 e. The van der Waals surface area contributed by atoms with Gasteiger partial charge in [0, 0.05) is 0 Å². The molecular formula is C15H19FO. The third-order valence-corrected chi connectivity index (χ3v) is 3.51. The highest BCUT2D eigenvalue weighted by molar-refractivity contribution is 5.53. The summed E-state index contributed by atoms with van der Waals surface area (Å²) >= 11 is 0. The largest absolute Gasteiger partial charge is 0.392 e. The molecule has 2 heteroatoms. The van der Waals surface area contributed by atoms with Gasteiger partial charge in [0.15, 0.2) is 0 Å². The third kappa shape index (κ3) is 3.40.